The van der Waals surface area contributed by atoms with E-state index in [1.165, 1.54) is 18.2 Å². The van der Waals surface area contributed by atoms with Crippen molar-refractivity contribution in [3.8, 4) is 5.75 Å². The number of benzene rings is 2. The predicted molar refractivity (Wildman–Crippen MR) is 158 cm³/mol. The SMILES string of the molecule is CON(c1cccc(C(=N)N)c1)C(C(=O)NCC(=O)N1CCN(C)CC1)c1ccccc1OC1OC(CO)C(O)C(O)C1O. The summed E-state index contributed by atoms with van der Waals surface area (Å²) in [4.78, 5) is 36.4. The van der Waals surface area contributed by atoms with Gasteiger partial charge in [-0.3, -0.25) is 19.8 Å². The van der Waals surface area contributed by atoms with Crippen LogP contribution in [0.2, 0.25) is 0 Å². The van der Waals surface area contributed by atoms with Crippen LogP contribution in [-0.4, -0.2) is 132 Å². The number of nitrogen functional groups attached to an aromatic ring is 1. The minimum Gasteiger partial charge on any atom is -0.462 e. The second-order valence-electron chi connectivity index (χ2n) is 10.6. The summed E-state index contributed by atoms with van der Waals surface area (Å²) in [5, 5.41) is 52.5. The zero-order valence-corrected chi connectivity index (χ0v) is 24.6. The normalized spacial score (nSPS) is 24.8. The van der Waals surface area contributed by atoms with Gasteiger partial charge in [-0.2, -0.15) is 0 Å². The molecule has 0 saturated carbocycles. The molecule has 44 heavy (non-hydrogen) atoms. The largest absolute Gasteiger partial charge is 0.462 e. The first-order valence-corrected chi connectivity index (χ1v) is 14.1. The molecule has 2 amide bonds. The van der Waals surface area contributed by atoms with Gasteiger partial charge >= 0.3 is 0 Å². The second kappa shape index (κ2) is 14.8. The maximum Gasteiger partial charge on any atom is 0.250 e. The molecule has 0 bridgehead atoms. The molecule has 2 aromatic rings. The van der Waals surface area contributed by atoms with Crippen molar-refractivity contribution in [2.45, 2.75) is 36.7 Å². The summed E-state index contributed by atoms with van der Waals surface area (Å²) < 4.78 is 11.5. The monoisotopic (exact) mass is 616 g/mol. The minimum atomic E-state index is -1.69. The van der Waals surface area contributed by atoms with E-state index < -0.39 is 49.3 Å². The molecule has 2 fully saturated rings. The first-order valence-electron chi connectivity index (χ1n) is 14.1. The van der Waals surface area contributed by atoms with Crippen molar-refractivity contribution in [1.29, 1.82) is 5.41 Å². The van der Waals surface area contributed by atoms with Gasteiger partial charge in [0.1, 0.15) is 36.0 Å². The Hall–Kier alpha value is -3.83. The van der Waals surface area contributed by atoms with Crippen LogP contribution in [0.5, 0.6) is 5.75 Å². The number of anilines is 1. The number of amides is 2. The zero-order valence-electron chi connectivity index (χ0n) is 24.6. The lowest BCUT2D eigenvalue weighted by Gasteiger charge is -2.40. The Morgan fingerprint density at radius 1 is 1.09 bits per heavy atom. The fourth-order valence-corrected chi connectivity index (χ4v) is 5.08. The second-order valence-corrected chi connectivity index (χ2v) is 10.6. The molecule has 2 aliphatic heterocycles. The standard InChI is InChI=1S/C29H40N6O9/c1-33-10-12-34(13-11-33)22(37)15-32-28(41)23(35(42-2)18-7-5-6-17(14-18)27(30)31)19-8-3-4-9-20(19)43-29-26(40)25(39)24(38)21(16-36)44-29/h3-9,14,21,23-26,29,36,38-40H,10-13,15-16H2,1-2H3,(H3,30,31)(H,32,41). The number of nitrogens with one attached hydrogen (secondary N) is 2. The summed E-state index contributed by atoms with van der Waals surface area (Å²) in [6.45, 7) is 1.57. The zero-order chi connectivity index (χ0) is 32.0. The molecule has 2 aromatic carbocycles. The van der Waals surface area contributed by atoms with E-state index in [-0.39, 0.29) is 29.6 Å². The minimum absolute atomic E-state index is 0.0483. The van der Waals surface area contributed by atoms with Crippen molar-refractivity contribution < 1.29 is 44.3 Å². The summed E-state index contributed by atoms with van der Waals surface area (Å²) >= 11 is 0. The highest BCUT2D eigenvalue weighted by molar-refractivity contribution is 5.96. The van der Waals surface area contributed by atoms with E-state index in [2.05, 4.69) is 10.2 Å². The van der Waals surface area contributed by atoms with Crippen LogP contribution in [0.15, 0.2) is 48.5 Å². The van der Waals surface area contributed by atoms with E-state index >= 15 is 0 Å². The van der Waals surface area contributed by atoms with Crippen LogP contribution in [0.25, 0.3) is 0 Å². The van der Waals surface area contributed by atoms with Gasteiger partial charge < -0.3 is 50.8 Å². The summed E-state index contributed by atoms with van der Waals surface area (Å²) in [6.07, 6.45) is -7.69. The van der Waals surface area contributed by atoms with E-state index in [4.69, 9.17) is 25.5 Å². The number of likely N-dealkylation sites (N-methyl/N-ethyl adjacent to an activating group) is 1. The van der Waals surface area contributed by atoms with Gasteiger partial charge in [-0.05, 0) is 25.2 Å². The molecule has 6 unspecified atom stereocenters. The first kappa shape index (κ1) is 33.1. The fraction of sp³-hybridized carbons (Fsp3) is 0.483. The summed E-state index contributed by atoms with van der Waals surface area (Å²) in [5.41, 5.74) is 6.66. The smallest absolute Gasteiger partial charge is 0.250 e. The van der Waals surface area contributed by atoms with Crippen molar-refractivity contribution in [3.63, 3.8) is 0 Å². The van der Waals surface area contributed by atoms with Crippen LogP contribution in [0, 0.1) is 5.41 Å². The topological polar surface area (TPSA) is 214 Å². The van der Waals surface area contributed by atoms with E-state index in [0.29, 0.717) is 24.3 Å². The number of hydrogen-bond donors (Lipinski definition) is 7. The van der Waals surface area contributed by atoms with Crippen molar-refractivity contribution in [3.05, 3.63) is 59.7 Å². The van der Waals surface area contributed by atoms with E-state index in [9.17, 15) is 30.0 Å². The molecule has 15 heteroatoms. The Kier molecular flexibility index (Phi) is 11.1. The summed E-state index contributed by atoms with van der Waals surface area (Å²) in [7, 11) is 3.31. The van der Waals surface area contributed by atoms with Crippen molar-refractivity contribution in [2.24, 2.45) is 5.73 Å². The molecule has 0 spiro atoms. The summed E-state index contributed by atoms with van der Waals surface area (Å²) in [5.74, 6) is -1.04. The molecule has 0 aromatic heterocycles. The van der Waals surface area contributed by atoms with Gasteiger partial charge in [-0.15, -0.1) is 0 Å². The third-order valence-electron chi connectivity index (χ3n) is 7.67. The van der Waals surface area contributed by atoms with Crippen LogP contribution in [0.4, 0.5) is 5.69 Å². The Morgan fingerprint density at radius 2 is 1.80 bits per heavy atom. The molecule has 240 valence electrons. The number of aliphatic hydroxyl groups is 4. The number of para-hydroxylation sites is 1. The molecule has 15 nitrogen and oxygen atoms in total. The van der Waals surface area contributed by atoms with Crippen LogP contribution < -0.4 is 20.9 Å². The number of amidine groups is 1. The van der Waals surface area contributed by atoms with Crippen LogP contribution in [0.3, 0.4) is 0 Å². The number of aliphatic hydroxyl groups excluding tert-OH is 4. The van der Waals surface area contributed by atoms with Gasteiger partial charge in [0, 0.05) is 37.3 Å². The third kappa shape index (κ3) is 7.44. The van der Waals surface area contributed by atoms with Gasteiger partial charge in [0.05, 0.1) is 25.9 Å². The predicted octanol–water partition coefficient (Wildman–Crippen LogP) is -1.85. The number of nitrogens with two attached hydrogens (primary N) is 1. The molecular formula is C29H40N6O9. The van der Waals surface area contributed by atoms with Gasteiger partial charge in [-0.25, -0.2) is 5.06 Å². The van der Waals surface area contributed by atoms with E-state index in [1.54, 1.807) is 47.4 Å². The van der Waals surface area contributed by atoms with E-state index in [1.807, 2.05) is 7.05 Å². The average Bonchev–Trinajstić information content (AvgIpc) is 3.03. The van der Waals surface area contributed by atoms with Gasteiger partial charge in [0.25, 0.3) is 5.91 Å². The first-order chi connectivity index (χ1) is 21.0. The van der Waals surface area contributed by atoms with Gasteiger partial charge in [-0.1, -0.05) is 30.3 Å². The molecule has 8 N–H and O–H groups in total. The number of piperazine rings is 1. The lowest BCUT2D eigenvalue weighted by Crippen LogP contribution is -2.60. The highest BCUT2D eigenvalue weighted by Crippen LogP contribution is 2.35. The number of carbonyl (C=O) groups excluding carboxylic acids is 2. The lowest BCUT2D eigenvalue weighted by molar-refractivity contribution is -0.277. The maximum atomic E-state index is 14.0. The number of nitrogens with zero attached hydrogens (tertiary/aromatic N) is 3. The Bertz CT molecular complexity index is 1310. The number of hydroxylamine groups is 1. The molecule has 0 aliphatic carbocycles. The number of rotatable bonds is 11. The van der Waals surface area contributed by atoms with Gasteiger partial charge in [0.15, 0.2) is 6.04 Å². The van der Waals surface area contributed by atoms with Crippen molar-refractivity contribution >= 4 is 23.3 Å². The Labute approximate surface area is 254 Å². The molecular weight excluding hydrogens is 576 g/mol. The number of carbonyl (C=O) groups is 2. The van der Waals surface area contributed by atoms with Crippen LogP contribution in [-0.2, 0) is 19.2 Å². The highest BCUT2D eigenvalue weighted by Gasteiger charge is 2.45. The molecule has 6 atom stereocenters. The Balaban J connectivity index is 1.67. The number of ether oxygens (including phenoxy) is 2. The molecule has 0 radical (unpaired) electrons. The fourth-order valence-electron chi connectivity index (χ4n) is 5.08. The van der Waals surface area contributed by atoms with Crippen molar-refractivity contribution in [2.75, 3.05) is 58.6 Å². The Morgan fingerprint density at radius 3 is 2.45 bits per heavy atom. The highest BCUT2D eigenvalue weighted by atomic mass is 16.7. The maximum absolute atomic E-state index is 14.0. The number of hydrogen-bond acceptors (Lipinski definition) is 12. The lowest BCUT2D eigenvalue weighted by atomic mass is 9.99. The summed E-state index contributed by atoms with van der Waals surface area (Å²) in [6, 6.07) is 11.5. The third-order valence-corrected chi connectivity index (χ3v) is 7.67. The van der Waals surface area contributed by atoms with Crippen LogP contribution in [0.1, 0.15) is 17.2 Å². The average molecular weight is 617 g/mol. The molecule has 2 heterocycles. The van der Waals surface area contributed by atoms with Crippen LogP contribution >= 0.6 is 0 Å². The molecule has 2 saturated heterocycles. The quantitative estimate of drug-likeness (QED) is 0.0842. The molecule has 4 rings (SSSR count). The van der Waals surface area contributed by atoms with E-state index in [0.717, 1.165) is 13.1 Å². The molecule has 2 aliphatic rings. The van der Waals surface area contributed by atoms with Crippen molar-refractivity contribution in [1.82, 2.24) is 15.1 Å². The van der Waals surface area contributed by atoms with Gasteiger partial charge in [0.2, 0.25) is 12.2 Å².